The first kappa shape index (κ1) is 17.7. The summed E-state index contributed by atoms with van der Waals surface area (Å²) in [5.74, 6) is 6.47. The van der Waals surface area contributed by atoms with E-state index in [2.05, 4.69) is 27.1 Å². The van der Waals surface area contributed by atoms with Crippen LogP contribution in [-0.4, -0.2) is 39.5 Å². The molecule has 1 unspecified atom stereocenters. The second-order valence-corrected chi connectivity index (χ2v) is 6.05. The topological polar surface area (TPSA) is 88.1 Å². The standard InChI is InChI=1S/C17H20ClN5O2/c18-15-10-14(17(19)22-21-15)13-11-20-23(12-13)7-3-1-4-8-24-16-6-2-5-9-25-16/h10-12,16H,2,4-9H2,(H2,19,22). The summed E-state index contributed by atoms with van der Waals surface area (Å²) >= 11 is 5.86. The smallest absolute Gasteiger partial charge is 0.157 e. The molecule has 0 bridgehead atoms. The van der Waals surface area contributed by atoms with Crippen molar-refractivity contribution in [2.45, 2.75) is 38.5 Å². The van der Waals surface area contributed by atoms with E-state index >= 15 is 0 Å². The summed E-state index contributed by atoms with van der Waals surface area (Å²) in [6, 6.07) is 1.67. The van der Waals surface area contributed by atoms with Gasteiger partial charge in [-0.05, 0) is 25.3 Å². The van der Waals surface area contributed by atoms with Gasteiger partial charge in [-0.2, -0.15) is 5.10 Å². The maximum absolute atomic E-state index is 5.86. The van der Waals surface area contributed by atoms with E-state index in [-0.39, 0.29) is 6.29 Å². The lowest BCUT2D eigenvalue weighted by atomic mass is 10.1. The average Bonchev–Trinajstić information content (AvgIpc) is 3.09. The van der Waals surface area contributed by atoms with Gasteiger partial charge in [-0.3, -0.25) is 4.68 Å². The summed E-state index contributed by atoms with van der Waals surface area (Å²) in [6.07, 6.45) is 7.43. The van der Waals surface area contributed by atoms with Crippen LogP contribution in [0.3, 0.4) is 0 Å². The second-order valence-electron chi connectivity index (χ2n) is 5.66. The van der Waals surface area contributed by atoms with Gasteiger partial charge in [-0.25, -0.2) is 0 Å². The van der Waals surface area contributed by atoms with Crippen molar-refractivity contribution < 1.29 is 9.47 Å². The third kappa shape index (κ3) is 5.16. The van der Waals surface area contributed by atoms with Gasteiger partial charge in [0.2, 0.25) is 0 Å². The first-order chi connectivity index (χ1) is 12.2. The Hall–Kier alpha value is -2.14. The van der Waals surface area contributed by atoms with Crippen LogP contribution in [0.5, 0.6) is 0 Å². The summed E-state index contributed by atoms with van der Waals surface area (Å²) in [5.41, 5.74) is 7.36. The van der Waals surface area contributed by atoms with Gasteiger partial charge in [0.1, 0.15) is 6.54 Å². The molecule has 8 heteroatoms. The molecule has 2 N–H and O–H groups in total. The minimum atomic E-state index is -0.0597. The van der Waals surface area contributed by atoms with Crippen molar-refractivity contribution in [3.8, 4) is 23.0 Å². The Balaban J connectivity index is 1.46. The van der Waals surface area contributed by atoms with E-state index in [1.54, 1.807) is 16.9 Å². The van der Waals surface area contributed by atoms with Gasteiger partial charge >= 0.3 is 0 Å². The normalized spacial score (nSPS) is 17.1. The zero-order valence-electron chi connectivity index (χ0n) is 13.8. The number of nitrogens with two attached hydrogens (primary N) is 1. The van der Waals surface area contributed by atoms with E-state index in [0.29, 0.717) is 36.1 Å². The Morgan fingerprint density at radius 2 is 2.28 bits per heavy atom. The van der Waals surface area contributed by atoms with Crippen molar-refractivity contribution in [3.05, 3.63) is 23.6 Å². The number of halogens is 1. The Labute approximate surface area is 151 Å². The van der Waals surface area contributed by atoms with E-state index in [0.717, 1.165) is 25.0 Å². The van der Waals surface area contributed by atoms with Crippen molar-refractivity contribution in [1.29, 1.82) is 0 Å². The van der Waals surface area contributed by atoms with Crippen molar-refractivity contribution >= 4 is 17.4 Å². The first-order valence-electron chi connectivity index (χ1n) is 8.23. The number of rotatable bonds is 5. The molecule has 1 aliphatic rings. The van der Waals surface area contributed by atoms with Crippen LogP contribution in [0, 0.1) is 11.8 Å². The Bertz CT molecular complexity index is 762. The van der Waals surface area contributed by atoms with Gasteiger partial charge in [0.05, 0.1) is 12.8 Å². The van der Waals surface area contributed by atoms with Gasteiger partial charge in [0.15, 0.2) is 17.3 Å². The van der Waals surface area contributed by atoms with Crippen molar-refractivity contribution in [1.82, 2.24) is 20.0 Å². The Morgan fingerprint density at radius 3 is 3.12 bits per heavy atom. The highest BCUT2D eigenvalue weighted by atomic mass is 35.5. The van der Waals surface area contributed by atoms with E-state index < -0.39 is 0 Å². The lowest BCUT2D eigenvalue weighted by molar-refractivity contribution is -0.161. The van der Waals surface area contributed by atoms with Crippen LogP contribution < -0.4 is 5.73 Å². The summed E-state index contributed by atoms with van der Waals surface area (Å²) in [6.45, 7) is 1.87. The Kier molecular flexibility index (Phi) is 6.23. The molecular weight excluding hydrogens is 342 g/mol. The molecule has 3 heterocycles. The second kappa shape index (κ2) is 8.81. The number of anilines is 1. The monoisotopic (exact) mass is 361 g/mol. The predicted octanol–water partition coefficient (Wildman–Crippen LogP) is 2.51. The maximum Gasteiger partial charge on any atom is 0.157 e. The fraction of sp³-hybridized carbons (Fsp3) is 0.471. The van der Waals surface area contributed by atoms with Crippen LogP contribution in [0.4, 0.5) is 5.82 Å². The minimum absolute atomic E-state index is 0.0597. The molecule has 3 rings (SSSR count). The third-order valence-electron chi connectivity index (χ3n) is 3.77. The Morgan fingerprint density at radius 1 is 1.36 bits per heavy atom. The quantitative estimate of drug-likeness (QED) is 0.650. The first-order valence-corrected chi connectivity index (χ1v) is 8.60. The molecule has 1 fully saturated rings. The molecule has 1 atom stereocenters. The van der Waals surface area contributed by atoms with Gasteiger partial charge in [-0.1, -0.05) is 23.4 Å². The van der Waals surface area contributed by atoms with Crippen molar-refractivity contribution in [2.24, 2.45) is 0 Å². The van der Waals surface area contributed by atoms with E-state index in [9.17, 15) is 0 Å². The molecule has 0 amide bonds. The molecule has 0 spiro atoms. The molecule has 2 aromatic rings. The van der Waals surface area contributed by atoms with Crippen LogP contribution in [0.25, 0.3) is 11.1 Å². The SMILES string of the molecule is Nc1nnc(Cl)cc1-c1cnn(CC#CCCOC2CCCCO2)c1. The van der Waals surface area contributed by atoms with E-state index in [1.807, 2.05) is 6.20 Å². The van der Waals surface area contributed by atoms with Crippen molar-refractivity contribution in [3.63, 3.8) is 0 Å². The van der Waals surface area contributed by atoms with Crippen LogP contribution in [0.2, 0.25) is 5.15 Å². The molecule has 7 nitrogen and oxygen atoms in total. The highest BCUT2D eigenvalue weighted by Crippen LogP contribution is 2.25. The number of hydrogen-bond donors (Lipinski definition) is 1. The lowest BCUT2D eigenvalue weighted by Gasteiger charge is -2.22. The summed E-state index contributed by atoms with van der Waals surface area (Å²) in [7, 11) is 0. The van der Waals surface area contributed by atoms with Crippen LogP contribution >= 0.6 is 11.6 Å². The van der Waals surface area contributed by atoms with Gasteiger partial charge in [0.25, 0.3) is 0 Å². The third-order valence-corrected chi connectivity index (χ3v) is 3.96. The molecule has 25 heavy (non-hydrogen) atoms. The van der Waals surface area contributed by atoms with Crippen LogP contribution in [0.1, 0.15) is 25.7 Å². The number of aromatic nitrogens is 4. The van der Waals surface area contributed by atoms with E-state index in [4.69, 9.17) is 26.8 Å². The van der Waals surface area contributed by atoms with Gasteiger partial charge in [-0.15, -0.1) is 10.2 Å². The fourth-order valence-electron chi connectivity index (χ4n) is 2.51. The maximum atomic E-state index is 5.86. The molecule has 2 aromatic heterocycles. The highest BCUT2D eigenvalue weighted by molar-refractivity contribution is 6.29. The van der Waals surface area contributed by atoms with Crippen molar-refractivity contribution in [2.75, 3.05) is 18.9 Å². The number of nitrogens with zero attached hydrogens (tertiary/aromatic N) is 4. The molecule has 0 radical (unpaired) electrons. The molecular formula is C17H20ClN5O2. The fourth-order valence-corrected chi connectivity index (χ4v) is 2.65. The van der Waals surface area contributed by atoms with Crippen LogP contribution in [0.15, 0.2) is 18.5 Å². The zero-order valence-corrected chi connectivity index (χ0v) is 14.6. The number of hydrogen-bond acceptors (Lipinski definition) is 6. The average molecular weight is 362 g/mol. The van der Waals surface area contributed by atoms with Crippen LogP contribution in [-0.2, 0) is 16.0 Å². The van der Waals surface area contributed by atoms with E-state index in [1.165, 1.54) is 6.42 Å². The molecule has 1 aliphatic heterocycles. The van der Waals surface area contributed by atoms with Gasteiger partial charge in [0, 0.05) is 30.4 Å². The zero-order chi connectivity index (χ0) is 17.5. The number of ether oxygens (including phenoxy) is 2. The summed E-state index contributed by atoms with van der Waals surface area (Å²) in [5, 5.41) is 12.1. The minimum Gasteiger partial charge on any atom is -0.382 e. The largest absolute Gasteiger partial charge is 0.382 e. The molecule has 0 aliphatic carbocycles. The highest BCUT2D eigenvalue weighted by Gasteiger charge is 2.13. The molecule has 0 aromatic carbocycles. The molecule has 132 valence electrons. The predicted molar refractivity (Wildman–Crippen MR) is 94.6 cm³/mol. The summed E-state index contributed by atoms with van der Waals surface area (Å²) < 4.78 is 12.9. The number of nitrogen functional groups attached to an aromatic ring is 1. The lowest BCUT2D eigenvalue weighted by Crippen LogP contribution is -2.22. The molecule has 1 saturated heterocycles. The molecule has 0 saturated carbocycles. The van der Waals surface area contributed by atoms with Gasteiger partial charge < -0.3 is 15.2 Å². The summed E-state index contributed by atoms with van der Waals surface area (Å²) in [4.78, 5) is 0.